The van der Waals surface area contributed by atoms with E-state index in [1.165, 1.54) is 24.5 Å². The third-order valence-electron chi connectivity index (χ3n) is 2.53. The van der Waals surface area contributed by atoms with Crippen molar-refractivity contribution in [2.75, 3.05) is 20.3 Å². The number of aliphatic carboxylic acids is 1. The molecule has 1 rings (SSSR count). The molecule has 0 amide bonds. The minimum Gasteiger partial charge on any atom is -0.478 e. The number of pyridine rings is 1. The number of carboxylic acids is 1. The molecule has 0 unspecified atom stereocenters. The van der Waals surface area contributed by atoms with Crippen LogP contribution < -0.4 is 4.72 Å². The van der Waals surface area contributed by atoms with Crippen molar-refractivity contribution in [2.24, 2.45) is 0 Å². The minimum atomic E-state index is -3.64. The maximum Gasteiger partial charge on any atom is 0.328 e. The van der Waals surface area contributed by atoms with Gasteiger partial charge >= 0.3 is 5.97 Å². The first kappa shape index (κ1) is 17.3. The molecule has 0 bridgehead atoms. The first-order valence-electron chi connectivity index (χ1n) is 6.30. The van der Waals surface area contributed by atoms with Gasteiger partial charge in [-0.2, -0.15) is 0 Å². The van der Waals surface area contributed by atoms with Gasteiger partial charge in [-0.1, -0.05) is 0 Å². The van der Waals surface area contributed by atoms with Crippen LogP contribution in [0, 0.1) is 0 Å². The largest absolute Gasteiger partial charge is 0.478 e. The molecular formula is C13H18N2O5S. The molecule has 1 aromatic rings. The van der Waals surface area contributed by atoms with E-state index in [9.17, 15) is 13.2 Å². The summed E-state index contributed by atoms with van der Waals surface area (Å²) in [6.45, 7) is 0.889. The lowest BCUT2D eigenvalue weighted by molar-refractivity contribution is -0.131. The standard InChI is InChI=1S/C13H18N2O5S/c1-20-7-3-2-6-15-21(18,19)12-8-11(9-14-10-12)4-5-13(16)17/h4-5,8-10,15H,2-3,6-7H2,1H3,(H,16,17). The van der Waals surface area contributed by atoms with Gasteiger partial charge in [-0.25, -0.2) is 17.9 Å². The van der Waals surface area contributed by atoms with E-state index in [1.54, 1.807) is 7.11 Å². The molecule has 0 atom stereocenters. The third-order valence-corrected chi connectivity index (χ3v) is 3.96. The summed E-state index contributed by atoms with van der Waals surface area (Å²) in [6.07, 6.45) is 6.24. The molecule has 0 fully saturated rings. The Morgan fingerprint density at radius 2 is 2.19 bits per heavy atom. The number of ether oxygens (including phenoxy) is 1. The van der Waals surface area contributed by atoms with Crippen molar-refractivity contribution in [1.82, 2.24) is 9.71 Å². The molecule has 0 aliphatic rings. The van der Waals surface area contributed by atoms with Crippen LogP contribution in [-0.2, 0) is 19.6 Å². The maximum absolute atomic E-state index is 12.0. The van der Waals surface area contributed by atoms with Crippen molar-refractivity contribution >= 4 is 22.1 Å². The Bertz CT molecular complexity index is 598. The summed E-state index contributed by atoms with van der Waals surface area (Å²) in [5, 5.41) is 8.54. The highest BCUT2D eigenvalue weighted by molar-refractivity contribution is 7.89. The molecule has 116 valence electrons. The molecule has 0 aromatic carbocycles. The SMILES string of the molecule is COCCCCNS(=O)(=O)c1cncc(C=CC(=O)O)c1. The van der Waals surface area contributed by atoms with Crippen LogP contribution in [0.15, 0.2) is 29.4 Å². The molecule has 0 spiro atoms. The molecule has 1 heterocycles. The molecule has 0 saturated heterocycles. The number of hydrogen-bond donors (Lipinski definition) is 2. The summed E-state index contributed by atoms with van der Waals surface area (Å²) < 4.78 is 31.4. The zero-order valence-corrected chi connectivity index (χ0v) is 12.5. The normalized spacial score (nSPS) is 11.9. The summed E-state index contributed by atoms with van der Waals surface area (Å²) in [4.78, 5) is 14.2. The van der Waals surface area contributed by atoms with Gasteiger partial charge in [-0.3, -0.25) is 4.98 Å². The second kappa shape index (κ2) is 8.50. The van der Waals surface area contributed by atoms with Crippen LogP contribution in [0.3, 0.4) is 0 Å². The Morgan fingerprint density at radius 3 is 2.86 bits per heavy atom. The summed E-state index contributed by atoms with van der Waals surface area (Å²) in [5.74, 6) is -1.11. The van der Waals surface area contributed by atoms with Crippen molar-refractivity contribution in [3.63, 3.8) is 0 Å². The molecule has 0 saturated carbocycles. The topological polar surface area (TPSA) is 106 Å². The van der Waals surface area contributed by atoms with Gasteiger partial charge < -0.3 is 9.84 Å². The van der Waals surface area contributed by atoms with Crippen molar-refractivity contribution in [3.8, 4) is 0 Å². The number of methoxy groups -OCH3 is 1. The number of sulfonamides is 1. The van der Waals surface area contributed by atoms with E-state index in [0.29, 0.717) is 25.1 Å². The smallest absolute Gasteiger partial charge is 0.328 e. The lowest BCUT2D eigenvalue weighted by Crippen LogP contribution is -2.25. The third kappa shape index (κ3) is 6.48. The summed E-state index contributed by atoms with van der Waals surface area (Å²) in [5.41, 5.74) is 0.402. The molecule has 21 heavy (non-hydrogen) atoms. The molecule has 8 heteroatoms. The Kier molecular flexibility index (Phi) is 7.00. The van der Waals surface area contributed by atoms with Crippen molar-refractivity contribution in [1.29, 1.82) is 0 Å². The van der Waals surface area contributed by atoms with Gasteiger partial charge in [0.25, 0.3) is 0 Å². The molecule has 7 nitrogen and oxygen atoms in total. The number of unbranched alkanes of at least 4 members (excludes halogenated alkanes) is 1. The number of nitrogens with zero attached hydrogens (tertiary/aromatic N) is 1. The first-order chi connectivity index (χ1) is 9.95. The molecule has 0 aliphatic heterocycles. The second-order valence-corrected chi connectivity index (χ2v) is 5.99. The highest BCUT2D eigenvalue weighted by atomic mass is 32.2. The van der Waals surface area contributed by atoms with E-state index in [4.69, 9.17) is 9.84 Å². The lowest BCUT2D eigenvalue weighted by Gasteiger charge is -2.06. The summed E-state index contributed by atoms with van der Waals surface area (Å²) in [6, 6.07) is 1.37. The maximum atomic E-state index is 12.0. The number of nitrogens with one attached hydrogen (secondary N) is 1. The first-order valence-corrected chi connectivity index (χ1v) is 7.78. The minimum absolute atomic E-state index is 0.00165. The zero-order chi connectivity index (χ0) is 15.7. The van der Waals surface area contributed by atoms with Gasteiger partial charge in [0.1, 0.15) is 4.90 Å². The van der Waals surface area contributed by atoms with Crippen molar-refractivity contribution in [2.45, 2.75) is 17.7 Å². The number of carbonyl (C=O) groups is 1. The molecule has 2 N–H and O–H groups in total. The number of carboxylic acid groups (broad SMARTS) is 1. The predicted octanol–water partition coefficient (Wildman–Crippen LogP) is 0.884. The van der Waals surface area contributed by atoms with Crippen LogP contribution in [0.25, 0.3) is 6.08 Å². The van der Waals surface area contributed by atoms with Gasteiger partial charge in [0, 0.05) is 38.7 Å². The van der Waals surface area contributed by atoms with E-state index < -0.39 is 16.0 Å². The monoisotopic (exact) mass is 314 g/mol. The number of aromatic nitrogens is 1. The lowest BCUT2D eigenvalue weighted by atomic mass is 10.2. The average molecular weight is 314 g/mol. The zero-order valence-electron chi connectivity index (χ0n) is 11.7. The van der Waals surface area contributed by atoms with Crippen molar-refractivity contribution in [3.05, 3.63) is 30.1 Å². The fraction of sp³-hybridized carbons (Fsp3) is 0.385. The Hall–Kier alpha value is -1.77. The Labute approximate surface area is 123 Å². The quantitative estimate of drug-likeness (QED) is 0.518. The van der Waals surface area contributed by atoms with E-state index in [-0.39, 0.29) is 4.90 Å². The van der Waals surface area contributed by atoms with Crippen molar-refractivity contribution < 1.29 is 23.1 Å². The molecular weight excluding hydrogens is 296 g/mol. The second-order valence-electron chi connectivity index (χ2n) is 4.22. The van der Waals surface area contributed by atoms with E-state index in [2.05, 4.69) is 9.71 Å². The molecule has 0 radical (unpaired) electrons. The van der Waals surface area contributed by atoms with E-state index >= 15 is 0 Å². The van der Waals surface area contributed by atoms with Gasteiger partial charge in [-0.15, -0.1) is 0 Å². The van der Waals surface area contributed by atoms with Gasteiger partial charge in [-0.05, 0) is 30.5 Å². The van der Waals surface area contributed by atoms with Gasteiger partial charge in [0.15, 0.2) is 0 Å². The van der Waals surface area contributed by atoms with E-state index in [1.807, 2.05) is 0 Å². The van der Waals surface area contributed by atoms with E-state index in [0.717, 1.165) is 12.5 Å². The Morgan fingerprint density at radius 1 is 1.43 bits per heavy atom. The van der Waals surface area contributed by atoms with Crippen LogP contribution >= 0.6 is 0 Å². The number of hydrogen-bond acceptors (Lipinski definition) is 5. The highest BCUT2D eigenvalue weighted by Crippen LogP contribution is 2.11. The summed E-state index contributed by atoms with van der Waals surface area (Å²) >= 11 is 0. The molecule has 0 aliphatic carbocycles. The fourth-order valence-electron chi connectivity index (χ4n) is 1.50. The highest BCUT2D eigenvalue weighted by Gasteiger charge is 2.13. The number of rotatable bonds is 9. The Balaban J connectivity index is 2.70. The van der Waals surface area contributed by atoms with Crippen LogP contribution in [0.1, 0.15) is 18.4 Å². The van der Waals surface area contributed by atoms with Gasteiger partial charge in [0.05, 0.1) is 0 Å². The van der Waals surface area contributed by atoms with Crippen LogP contribution in [0.2, 0.25) is 0 Å². The van der Waals surface area contributed by atoms with Crippen LogP contribution in [0.5, 0.6) is 0 Å². The average Bonchev–Trinajstić information content (AvgIpc) is 2.45. The predicted molar refractivity (Wildman–Crippen MR) is 77.2 cm³/mol. The van der Waals surface area contributed by atoms with Crippen LogP contribution in [0.4, 0.5) is 0 Å². The fourth-order valence-corrected chi connectivity index (χ4v) is 2.57. The van der Waals surface area contributed by atoms with Gasteiger partial charge in [0.2, 0.25) is 10.0 Å². The van der Waals surface area contributed by atoms with Crippen LogP contribution in [-0.4, -0.2) is 44.7 Å². The summed E-state index contributed by atoms with van der Waals surface area (Å²) in [7, 11) is -2.05. The molecule has 1 aromatic heterocycles.